The third kappa shape index (κ3) is 4.94. The summed E-state index contributed by atoms with van der Waals surface area (Å²) in [5.74, 6) is -0.137. The number of fused-ring (bicyclic) bond motifs is 1. The van der Waals surface area contributed by atoms with Gasteiger partial charge in [0, 0.05) is 23.0 Å². The Kier molecular flexibility index (Phi) is 6.95. The smallest absolute Gasteiger partial charge is 0.255 e. The molecule has 2 atom stereocenters. The SMILES string of the molecule is O=C(Nc1ccccc1)c1ccc(C(=O)c2c[nH]c3ncnc(N[C@H]4CC[C@H](CO)OC4)c23)c(Cl)c1. The second-order valence-electron chi connectivity index (χ2n) is 8.55. The zero-order chi connectivity index (χ0) is 25.1. The highest BCUT2D eigenvalue weighted by atomic mass is 35.5. The van der Waals surface area contributed by atoms with Gasteiger partial charge in [-0.25, -0.2) is 9.97 Å². The average Bonchev–Trinajstić information content (AvgIpc) is 3.34. The lowest BCUT2D eigenvalue weighted by atomic mass is 10.0. The topological polar surface area (TPSA) is 129 Å². The van der Waals surface area contributed by atoms with Gasteiger partial charge in [-0.05, 0) is 43.2 Å². The maximum absolute atomic E-state index is 13.5. The van der Waals surface area contributed by atoms with Gasteiger partial charge in [0.25, 0.3) is 5.91 Å². The summed E-state index contributed by atoms with van der Waals surface area (Å²) in [7, 11) is 0. The van der Waals surface area contributed by atoms with Gasteiger partial charge in [-0.3, -0.25) is 9.59 Å². The molecule has 0 spiro atoms. The van der Waals surface area contributed by atoms with Gasteiger partial charge >= 0.3 is 0 Å². The molecule has 36 heavy (non-hydrogen) atoms. The number of aromatic amines is 1. The third-order valence-electron chi connectivity index (χ3n) is 6.14. The van der Waals surface area contributed by atoms with Crippen LogP contribution in [0.2, 0.25) is 5.02 Å². The molecule has 1 aliphatic rings. The highest BCUT2D eigenvalue weighted by Crippen LogP contribution is 2.30. The van der Waals surface area contributed by atoms with Crippen LogP contribution in [0.1, 0.15) is 39.1 Å². The quantitative estimate of drug-likeness (QED) is 0.279. The molecule has 0 saturated carbocycles. The van der Waals surface area contributed by atoms with Crippen LogP contribution in [-0.2, 0) is 4.74 Å². The van der Waals surface area contributed by atoms with Crippen molar-refractivity contribution in [2.45, 2.75) is 25.0 Å². The zero-order valence-corrected chi connectivity index (χ0v) is 20.0. The first-order valence-corrected chi connectivity index (χ1v) is 11.9. The van der Waals surface area contributed by atoms with Gasteiger partial charge in [0.05, 0.1) is 41.3 Å². The lowest BCUT2D eigenvalue weighted by Gasteiger charge is -2.29. The maximum Gasteiger partial charge on any atom is 0.255 e. The molecule has 4 aromatic rings. The molecular formula is C26H24ClN5O4. The third-order valence-corrected chi connectivity index (χ3v) is 6.45. The van der Waals surface area contributed by atoms with Crippen molar-refractivity contribution in [2.24, 2.45) is 0 Å². The number of nitrogens with one attached hydrogen (secondary N) is 3. The van der Waals surface area contributed by atoms with Crippen LogP contribution >= 0.6 is 11.6 Å². The van der Waals surface area contributed by atoms with E-state index in [1.807, 2.05) is 18.2 Å². The van der Waals surface area contributed by atoms with Crippen molar-refractivity contribution < 1.29 is 19.4 Å². The summed E-state index contributed by atoms with van der Waals surface area (Å²) < 4.78 is 5.66. The number of ether oxygens (including phenoxy) is 1. The predicted molar refractivity (Wildman–Crippen MR) is 137 cm³/mol. The van der Waals surface area contributed by atoms with Gasteiger partial charge < -0.3 is 25.5 Å². The second-order valence-corrected chi connectivity index (χ2v) is 8.96. The first-order chi connectivity index (χ1) is 17.5. The second kappa shape index (κ2) is 10.4. The molecule has 184 valence electrons. The Hall–Kier alpha value is -3.79. The first-order valence-electron chi connectivity index (χ1n) is 11.5. The molecule has 0 aliphatic carbocycles. The molecule has 1 fully saturated rings. The Balaban J connectivity index is 1.38. The molecule has 2 aromatic heterocycles. The van der Waals surface area contributed by atoms with Crippen LogP contribution in [0.5, 0.6) is 0 Å². The molecule has 2 aromatic carbocycles. The van der Waals surface area contributed by atoms with Crippen LogP contribution in [0, 0.1) is 0 Å². The van der Waals surface area contributed by atoms with Crippen LogP contribution in [0.3, 0.4) is 0 Å². The Morgan fingerprint density at radius 2 is 1.94 bits per heavy atom. The van der Waals surface area contributed by atoms with E-state index in [1.165, 1.54) is 12.4 Å². The average molecular weight is 506 g/mol. The number of carbonyl (C=O) groups is 2. The zero-order valence-electron chi connectivity index (χ0n) is 19.2. The van der Waals surface area contributed by atoms with E-state index in [0.717, 1.165) is 12.8 Å². The van der Waals surface area contributed by atoms with Crippen molar-refractivity contribution in [2.75, 3.05) is 23.8 Å². The Labute approximate surface area is 211 Å². The van der Waals surface area contributed by atoms with Gasteiger partial charge in [0.2, 0.25) is 0 Å². The number of hydrogen-bond acceptors (Lipinski definition) is 7. The molecule has 0 radical (unpaired) electrons. The fourth-order valence-electron chi connectivity index (χ4n) is 4.22. The van der Waals surface area contributed by atoms with Crippen LogP contribution in [-0.4, -0.2) is 57.1 Å². The predicted octanol–water partition coefficient (Wildman–Crippen LogP) is 4.05. The number of amides is 1. The van der Waals surface area contributed by atoms with Crippen LogP contribution in [0.4, 0.5) is 11.5 Å². The Morgan fingerprint density at radius 1 is 1.11 bits per heavy atom. The number of aromatic nitrogens is 3. The van der Waals surface area contributed by atoms with E-state index < -0.39 is 0 Å². The molecule has 1 saturated heterocycles. The van der Waals surface area contributed by atoms with E-state index in [9.17, 15) is 14.7 Å². The van der Waals surface area contributed by atoms with Crippen molar-refractivity contribution in [3.8, 4) is 0 Å². The number of halogens is 1. The lowest BCUT2D eigenvalue weighted by Crippen LogP contribution is -2.36. The van der Waals surface area contributed by atoms with E-state index in [0.29, 0.717) is 40.3 Å². The standard InChI is InChI=1S/C26H24ClN5O4/c27-21-10-15(26(35)32-16-4-2-1-3-5-16)6-9-19(21)23(34)20-11-28-24-22(20)25(30-14-29-24)31-17-7-8-18(12-33)36-13-17/h1-6,9-11,14,17-18,33H,7-8,12-13H2,(H,32,35)(H2,28,29,30,31)/t17-,18+/m0/s1. The van der Waals surface area contributed by atoms with E-state index in [2.05, 4.69) is 25.6 Å². The van der Waals surface area contributed by atoms with Crippen LogP contribution in [0.15, 0.2) is 61.1 Å². The number of aliphatic hydroxyl groups excluding tert-OH is 1. The number of aliphatic hydroxyl groups is 1. The number of hydrogen-bond donors (Lipinski definition) is 4. The van der Waals surface area contributed by atoms with Crippen molar-refractivity contribution in [3.05, 3.63) is 82.8 Å². The van der Waals surface area contributed by atoms with Crippen molar-refractivity contribution in [3.63, 3.8) is 0 Å². The Morgan fingerprint density at radius 3 is 2.67 bits per heavy atom. The number of rotatable bonds is 7. The minimum atomic E-state index is -0.327. The van der Waals surface area contributed by atoms with Crippen molar-refractivity contribution >= 4 is 45.8 Å². The summed E-state index contributed by atoms with van der Waals surface area (Å²) in [6.07, 6.45) is 4.36. The van der Waals surface area contributed by atoms with Crippen LogP contribution in [0.25, 0.3) is 11.0 Å². The highest BCUT2D eigenvalue weighted by Gasteiger charge is 2.25. The summed E-state index contributed by atoms with van der Waals surface area (Å²) in [6.45, 7) is 0.414. The summed E-state index contributed by atoms with van der Waals surface area (Å²) in [5.41, 5.74) is 2.13. The van der Waals surface area contributed by atoms with Crippen molar-refractivity contribution in [1.29, 1.82) is 0 Å². The van der Waals surface area contributed by atoms with E-state index in [4.69, 9.17) is 16.3 Å². The molecule has 0 unspecified atom stereocenters. The summed E-state index contributed by atoms with van der Waals surface area (Å²) >= 11 is 6.47. The summed E-state index contributed by atoms with van der Waals surface area (Å²) in [5, 5.41) is 16.1. The number of H-pyrrole nitrogens is 1. The molecule has 10 heteroatoms. The maximum atomic E-state index is 13.5. The van der Waals surface area contributed by atoms with Crippen LogP contribution < -0.4 is 10.6 Å². The molecule has 9 nitrogen and oxygen atoms in total. The number of para-hydroxylation sites is 1. The highest BCUT2D eigenvalue weighted by molar-refractivity contribution is 6.36. The van der Waals surface area contributed by atoms with Gasteiger partial charge in [0.1, 0.15) is 17.8 Å². The van der Waals surface area contributed by atoms with E-state index >= 15 is 0 Å². The first kappa shape index (κ1) is 23.9. The van der Waals surface area contributed by atoms with E-state index in [1.54, 1.807) is 30.5 Å². The number of ketones is 1. The summed E-state index contributed by atoms with van der Waals surface area (Å²) in [6, 6.07) is 13.7. The lowest BCUT2D eigenvalue weighted by molar-refractivity contribution is -0.0224. The fraction of sp³-hybridized carbons (Fsp3) is 0.231. The molecule has 3 heterocycles. The van der Waals surface area contributed by atoms with Gasteiger partial charge in [-0.15, -0.1) is 0 Å². The molecule has 0 bridgehead atoms. The van der Waals surface area contributed by atoms with Gasteiger partial charge in [-0.2, -0.15) is 0 Å². The minimum Gasteiger partial charge on any atom is -0.394 e. The van der Waals surface area contributed by atoms with Crippen molar-refractivity contribution in [1.82, 2.24) is 15.0 Å². The number of nitrogens with zero attached hydrogens (tertiary/aromatic N) is 2. The number of benzene rings is 2. The van der Waals surface area contributed by atoms with Gasteiger partial charge in [-0.1, -0.05) is 29.8 Å². The monoisotopic (exact) mass is 505 g/mol. The molecule has 4 N–H and O–H groups in total. The number of anilines is 2. The minimum absolute atomic E-state index is 0.00556. The molecule has 5 rings (SSSR count). The molecular weight excluding hydrogens is 482 g/mol. The molecule has 1 aliphatic heterocycles. The number of carbonyl (C=O) groups excluding carboxylic acids is 2. The molecule has 1 amide bonds. The fourth-order valence-corrected chi connectivity index (χ4v) is 4.49. The van der Waals surface area contributed by atoms with E-state index in [-0.39, 0.29) is 41.0 Å². The largest absolute Gasteiger partial charge is 0.394 e. The summed E-state index contributed by atoms with van der Waals surface area (Å²) in [4.78, 5) is 37.8. The Bertz CT molecular complexity index is 1400. The van der Waals surface area contributed by atoms with Gasteiger partial charge in [0.15, 0.2) is 5.78 Å². The normalized spacial score (nSPS) is 17.6.